The first-order valence-corrected chi connectivity index (χ1v) is 6.65. The second-order valence-electron chi connectivity index (χ2n) is 4.94. The molecule has 0 amide bonds. The highest BCUT2D eigenvalue weighted by Crippen LogP contribution is 2.22. The Bertz CT molecular complexity index is 1030. The molecule has 108 valence electrons. The van der Waals surface area contributed by atoms with Crippen LogP contribution in [0.2, 0.25) is 0 Å². The Balaban J connectivity index is 2.05. The molecule has 0 aliphatic heterocycles. The highest BCUT2D eigenvalue weighted by atomic mass is 16.4. The summed E-state index contributed by atoms with van der Waals surface area (Å²) in [6.07, 6.45) is 5.04. The van der Waals surface area contributed by atoms with Gasteiger partial charge in [0.15, 0.2) is 11.3 Å². The molecule has 0 bridgehead atoms. The topological polar surface area (TPSA) is 84.8 Å². The quantitative estimate of drug-likeness (QED) is 0.611. The fourth-order valence-corrected chi connectivity index (χ4v) is 2.56. The first-order valence-electron chi connectivity index (χ1n) is 6.65. The Hall–Kier alpha value is -3.22. The predicted molar refractivity (Wildman–Crippen MR) is 78.9 cm³/mol. The van der Waals surface area contributed by atoms with E-state index in [1.165, 1.54) is 6.33 Å². The molecule has 4 rings (SSSR count). The number of pyridine rings is 1. The van der Waals surface area contributed by atoms with Crippen molar-refractivity contribution < 1.29 is 9.90 Å². The van der Waals surface area contributed by atoms with E-state index in [0.717, 1.165) is 17.0 Å². The first kappa shape index (κ1) is 12.5. The van der Waals surface area contributed by atoms with Crippen LogP contribution in [0.25, 0.3) is 22.7 Å². The minimum absolute atomic E-state index is 0.0530. The van der Waals surface area contributed by atoms with Crippen LogP contribution in [0, 0.1) is 6.92 Å². The number of carboxylic acid groups (broad SMARTS) is 1. The molecule has 0 aliphatic rings. The lowest BCUT2D eigenvalue weighted by atomic mass is 10.2. The minimum atomic E-state index is -1.09. The summed E-state index contributed by atoms with van der Waals surface area (Å²) in [6.45, 7) is 1.89. The van der Waals surface area contributed by atoms with Crippen molar-refractivity contribution in [3.05, 3.63) is 54.4 Å². The van der Waals surface area contributed by atoms with Crippen LogP contribution in [0.3, 0.4) is 0 Å². The molecule has 0 unspecified atom stereocenters. The molecule has 0 saturated carbocycles. The average Bonchev–Trinajstić information content (AvgIpc) is 3.13. The van der Waals surface area contributed by atoms with Gasteiger partial charge in [0.25, 0.3) is 0 Å². The Kier molecular flexibility index (Phi) is 2.50. The third-order valence-corrected chi connectivity index (χ3v) is 3.59. The van der Waals surface area contributed by atoms with Crippen LogP contribution < -0.4 is 0 Å². The fourth-order valence-electron chi connectivity index (χ4n) is 2.56. The van der Waals surface area contributed by atoms with Crippen molar-refractivity contribution in [2.45, 2.75) is 6.92 Å². The summed E-state index contributed by atoms with van der Waals surface area (Å²) >= 11 is 0. The number of fused-ring (bicyclic) bond motifs is 2. The molecule has 0 radical (unpaired) electrons. The summed E-state index contributed by atoms with van der Waals surface area (Å²) in [4.78, 5) is 23.9. The monoisotopic (exact) mass is 293 g/mol. The van der Waals surface area contributed by atoms with Crippen molar-refractivity contribution in [1.82, 2.24) is 23.8 Å². The Morgan fingerprint density at radius 3 is 2.91 bits per heavy atom. The van der Waals surface area contributed by atoms with E-state index in [0.29, 0.717) is 11.3 Å². The normalized spacial score (nSPS) is 11.3. The third kappa shape index (κ3) is 1.69. The van der Waals surface area contributed by atoms with Gasteiger partial charge < -0.3 is 5.11 Å². The van der Waals surface area contributed by atoms with E-state index in [-0.39, 0.29) is 5.69 Å². The molecule has 0 saturated heterocycles. The number of nitrogens with zero attached hydrogens (tertiary/aromatic N) is 5. The maximum atomic E-state index is 11.3. The predicted octanol–water partition coefficient (Wildman–Crippen LogP) is 2.05. The third-order valence-electron chi connectivity index (χ3n) is 3.59. The lowest BCUT2D eigenvalue weighted by Crippen LogP contribution is -2.02. The Labute approximate surface area is 124 Å². The number of carbonyl (C=O) groups is 1. The second-order valence-corrected chi connectivity index (χ2v) is 4.94. The summed E-state index contributed by atoms with van der Waals surface area (Å²) in [7, 11) is 0. The second kappa shape index (κ2) is 4.39. The largest absolute Gasteiger partial charge is 0.476 e. The average molecular weight is 293 g/mol. The van der Waals surface area contributed by atoms with Crippen LogP contribution in [0.15, 0.2) is 43.0 Å². The number of aryl methyl sites for hydroxylation is 1. The van der Waals surface area contributed by atoms with Gasteiger partial charge in [0.2, 0.25) is 0 Å². The van der Waals surface area contributed by atoms with Gasteiger partial charge in [-0.3, -0.25) is 8.80 Å². The van der Waals surface area contributed by atoms with Crippen molar-refractivity contribution in [3.8, 4) is 11.4 Å². The van der Waals surface area contributed by atoms with E-state index in [1.807, 2.05) is 41.8 Å². The molecule has 4 heterocycles. The summed E-state index contributed by atoms with van der Waals surface area (Å²) in [5.74, 6) is -1.09. The smallest absolute Gasteiger partial charge is 0.358 e. The fraction of sp³-hybridized carbons (Fsp3) is 0.0667. The Morgan fingerprint density at radius 2 is 2.09 bits per heavy atom. The van der Waals surface area contributed by atoms with Gasteiger partial charge in [0, 0.05) is 18.1 Å². The van der Waals surface area contributed by atoms with Crippen molar-refractivity contribution in [2.75, 3.05) is 0 Å². The molecule has 0 atom stereocenters. The van der Waals surface area contributed by atoms with Crippen LogP contribution in [0.5, 0.6) is 0 Å². The van der Waals surface area contributed by atoms with Crippen LogP contribution in [0.4, 0.5) is 0 Å². The highest BCUT2D eigenvalue weighted by Gasteiger charge is 2.16. The molecular formula is C15H11N5O2. The highest BCUT2D eigenvalue weighted by molar-refractivity contribution is 5.92. The number of hydrogen-bond acceptors (Lipinski definition) is 4. The summed E-state index contributed by atoms with van der Waals surface area (Å²) < 4.78 is 3.58. The number of carboxylic acids is 1. The maximum Gasteiger partial charge on any atom is 0.358 e. The molecule has 0 aliphatic carbocycles. The summed E-state index contributed by atoms with van der Waals surface area (Å²) in [6, 6.07) is 7.61. The lowest BCUT2D eigenvalue weighted by Gasteiger charge is -2.08. The van der Waals surface area contributed by atoms with E-state index in [4.69, 9.17) is 0 Å². The van der Waals surface area contributed by atoms with E-state index in [9.17, 15) is 9.90 Å². The molecule has 7 heteroatoms. The molecule has 4 aromatic rings. The molecular weight excluding hydrogens is 282 g/mol. The van der Waals surface area contributed by atoms with Gasteiger partial charge >= 0.3 is 5.97 Å². The SMILES string of the molecule is Cc1cc(-c2cccc3nccn23)nc2c(C(=O)O)ncn12. The molecule has 0 fully saturated rings. The number of aromatic nitrogens is 5. The molecule has 1 N–H and O–H groups in total. The van der Waals surface area contributed by atoms with E-state index < -0.39 is 5.97 Å². The molecule has 7 nitrogen and oxygen atoms in total. The van der Waals surface area contributed by atoms with E-state index in [1.54, 1.807) is 10.6 Å². The summed E-state index contributed by atoms with van der Waals surface area (Å²) in [5.41, 5.74) is 3.47. The number of hydrogen-bond donors (Lipinski definition) is 1. The van der Waals surface area contributed by atoms with Gasteiger partial charge in [0.05, 0.1) is 11.4 Å². The molecule has 0 aromatic carbocycles. The minimum Gasteiger partial charge on any atom is -0.476 e. The zero-order valence-electron chi connectivity index (χ0n) is 11.6. The standard InChI is InChI=1S/C15H11N5O2/c1-9-7-10(11-3-2-4-12-16-5-6-19(11)12)18-14-13(15(21)22)17-8-20(9)14/h2-8H,1H3,(H,21,22). The van der Waals surface area contributed by atoms with Gasteiger partial charge in [0.1, 0.15) is 12.0 Å². The van der Waals surface area contributed by atoms with Crippen LogP contribution >= 0.6 is 0 Å². The summed E-state index contributed by atoms with van der Waals surface area (Å²) in [5, 5.41) is 9.23. The van der Waals surface area contributed by atoms with Crippen LogP contribution in [-0.4, -0.2) is 34.8 Å². The maximum absolute atomic E-state index is 11.3. The van der Waals surface area contributed by atoms with Crippen molar-refractivity contribution in [1.29, 1.82) is 0 Å². The Morgan fingerprint density at radius 1 is 1.23 bits per heavy atom. The van der Waals surface area contributed by atoms with Gasteiger partial charge in [-0.25, -0.2) is 19.7 Å². The van der Waals surface area contributed by atoms with Gasteiger partial charge in [-0.15, -0.1) is 0 Å². The van der Waals surface area contributed by atoms with Crippen molar-refractivity contribution >= 4 is 17.3 Å². The number of rotatable bonds is 2. The lowest BCUT2D eigenvalue weighted by molar-refractivity contribution is 0.0693. The molecule has 22 heavy (non-hydrogen) atoms. The number of imidazole rings is 2. The van der Waals surface area contributed by atoms with Gasteiger partial charge in [-0.2, -0.15) is 0 Å². The van der Waals surface area contributed by atoms with E-state index >= 15 is 0 Å². The van der Waals surface area contributed by atoms with Gasteiger partial charge in [-0.1, -0.05) is 6.07 Å². The van der Waals surface area contributed by atoms with Crippen LogP contribution in [0.1, 0.15) is 16.2 Å². The van der Waals surface area contributed by atoms with Crippen LogP contribution in [-0.2, 0) is 0 Å². The van der Waals surface area contributed by atoms with E-state index in [2.05, 4.69) is 15.0 Å². The van der Waals surface area contributed by atoms with Crippen molar-refractivity contribution in [3.63, 3.8) is 0 Å². The number of aromatic carboxylic acids is 1. The zero-order chi connectivity index (χ0) is 15.3. The van der Waals surface area contributed by atoms with Crippen molar-refractivity contribution in [2.24, 2.45) is 0 Å². The van der Waals surface area contributed by atoms with Gasteiger partial charge in [-0.05, 0) is 25.1 Å². The zero-order valence-corrected chi connectivity index (χ0v) is 11.6. The molecule has 0 spiro atoms. The molecule has 4 aromatic heterocycles. The first-order chi connectivity index (χ1) is 10.6.